The number of amides is 1. The van der Waals surface area contributed by atoms with E-state index in [1.54, 1.807) is 12.1 Å². The molecule has 3 N–H and O–H groups in total. The third-order valence-electron chi connectivity index (χ3n) is 3.61. The number of unbranched alkanes of at least 4 members (excludes halogenated alkanes) is 6. The molecule has 1 rings (SSSR count). The average Bonchev–Trinajstić information content (AvgIpc) is 2.45. The van der Waals surface area contributed by atoms with Crippen molar-refractivity contribution in [1.82, 2.24) is 0 Å². The standard InChI is InChI=1S/C17H27FN2O/c1-2-3-4-5-6-7-8-12-16(17(19)21)20-15-11-9-10-14(18)13-15/h9-11,13,16,20H,2-8,12H2,1H3,(H2,19,21). The van der Waals surface area contributed by atoms with Gasteiger partial charge in [-0.2, -0.15) is 0 Å². The van der Waals surface area contributed by atoms with Crippen LogP contribution < -0.4 is 11.1 Å². The number of rotatable bonds is 11. The number of hydrogen-bond donors (Lipinski definition) is 2. The molecule has 21 heavy (non-hydrogen) atoms. The number of hydrogen-bond acceptors (Lipinski definition) is 2. The second-order valence-corrected chi connectivity index (χ2v) is 5.52. The first-order chi connectivity index (χ1) is 10.1. The summed E-state index contributed by atoms with van der Waals surface area (Å²) in [6, 6.07) is 5.68. The third kappa shape index (κ3) is 7.69. The predicted octanol–water partition coefficient (Wildman–Crippen LogP) is 4.23. The van der Waals surface area contributed by atoms with Crippen LogP contribution in [0.5, 0.6) is 0 Å². The van der Waals surface area contributed by atoms with Crippen LogP contribution in [-0.2, 0) is 4.79 Å². The van der Waals surface area contributed by atoms with Crippen LogP contribution in [0.1, 0.15) is 58.3 Å². The van der Waals surface area contributed by atoms with Crippen LogP contribution in [0.2, 0.25) is 0 Å². The van der Waals surface area contributed by atoms with E-state index in [4.69, 9.17) is 5.73 Å². The maximum Gasteiger partial charge on any atom is 0.239 e. The Morgan fingerprint density at radius 3 is 2.48 bits per heavy atom. The minimum Gasteiger partial charge on any atom is -0.374 e. The molecular formula is C17H27FN2O. The van der Waals surface area contributed by atoms with Crippen molar-refractivity contribution in [2.24, 2.45) is 5.73 Å². The first-order valence-electron chi connectivity index (χ1n) is 7.95. The Morgan fingerprint density at radius 2 is 1.86 bits per heavy atom. The Labute approximate surface area is 127 Å². The Kier molecular flexibility index (Phi) is 8.48. The lowest BCUT2D eigenvalue weighted by Gasteiger charge is -2.16. The van der Waals surface area contributed by atoms with Crippen LogP contribution in [0.3, 0.4) is 0 Å². The number of nitrogens with one attached hydrogen (secondary N) is 1. The molecule has 1 unspecified atom stereocenters. The molecule has 3 nitrogen and oxygen atoms in total. The van der Waals surface area contributed by atoms with Crippen LogP contribution in [-0.4, -0.2) is 11.9 Å². The van der Waals surface area contributed by atoms with Gasteiger partial charge in [0.15, 0.2) is 0 Å². The summed E-state index contributed by atoms with van der Waals surface area (Å²) >= 11 is 0. The average molecular weight is 294 g/mol. The molecule has 0 aliphatic carbocycles. The van der Waals surface area contributed by atoms with Gasteiger partial charge in [-0.1, -0.05) is 57.9 Å². The number of nitrogens with two attached hydrogens (primary N) is 1. The van der Waals surface area contributed by atoms with Gasteiger partial charge in [0.2, 0.25) is 5.91 Å². The molecule has 1 aromatic carbocycles. The maximum absolute atomic E-state index is 13.1. The molecule has 0 aromatic heterocycles. The van der Waals surface area contributed by atoms with Gasteiger partial charge in [0.1, 0.15) is 11.9 Å². The molecule has 1 aromatic rings. The molecule has 4 heteroatoms. The van der Waals surface area contributed by atoms with Crippen molar-refractivity contribution in [2.75, 3.05) is 5.32 Å². The Bertz CT molecular complexity index is 423. The van der Waals surface area contributed by atoms with E-state index in [-0.39, 0.29) is 11.7 Å². The zero-order valence-electron chi connectivity index (χ0n) is 12.9. The number of benzene rings is 1. The second-order valence-electron chi connectivity index (χ2n) is 5.52. The molecule has 0 fully saturated rings. The van der Waals surface area contributed by atoms with Crippen molar-refractivity contribution in [3.8, 4) is 0 Å². The molecule has 0 spiro atoms. The van der Waals surface area contributed by atoms with Crippen molar-refractivity contribution in [1.29, 1.82) is 0 Å². The summed E-state index contributed by atoms with van der Waals surface area (Å²) in [5.74, 6) is -0.704. The van der Waals surface area contributed by atoms with Gasteiger partial charge in [0.05, 0.1) is 0 Å². The SMILES string of the molecule is CCCCCCCCCC(Nc1cccc(F)c1)C(N)=O. The minimum atomic E-state index is -0.428. The molecule has 0 aliphatic heterocycles. The Hall–Kier alpha value is -1.58. The molecule has 0 saturated carbocycles. The van der Waals surface area contributed by atoms with E-state index >= 15 is 0 Å². The molecule has 0 heterocycles. The van der Waals surface area contributed by atoms with E-state index in [9.17, 15) is 9.18 Å². The number of carbonyl (C=O) groups excluding carboxylic acids is 1. The highest BCUT2D eigenvalue weighted by Gasteiger charge is 2.14. The summed E-state index contributed by atoms with van der Waals surface area (Å²) in [6.45, 7) is 2.20. The topological polar surface area (TPSA) is 55.1 Å². The molecule has 0 bridgehead atoms. The molecule has 1 atom stereocenters. The van der Waals surface area contributed by atoms with Crippen LogP contribution in [0.25, 0.3) is 0 Å². The van der Waals surface area contributed by atoms with Crippen molar-refractivity contribution >= 4 is 11.6 Å². The number of anilines is 1. The smallest absolute Gasteiger partial charge is 0.239 e. The highest BCUT2D eigenvalue weighted by molar-refractivity contribution is 5.82. The molecular weight excluding hydrogens is 267 g/mol. The number of carbonyl (C=O) groups is 1. The quantitative estimate of drug-likeness (QED) is 0.600. The molecule has 0 radical (unpaired) electrons. The van der Waals surface area contributed by atoms with Gasteiger partial charge >= 0.3 is 0 Å². The summed E-state index contributed by atoms with van der Waals surface area (Å²) in [4.78, 5) is 11.5. The van der Waals surface area contributed by atoms with Gasteiger partial charge in [-0.05, 0) is 24.6 Å². The van der Waals surface area contributed by atoms with Gasteiger partial charge in [-0.3, -0.25) is 4.79 Å². The zero-order valence-corrected chi connectivity index (χ0v) is 12.9. The van der Waals surface area contributed by atoms with Crippen molar-refractivity contribution in [3.63, 3.8) is 0 Å². The summed E-state index contributed by atoms with van der Waals surface area (Å²) in [7, 11) is 0. The van der Waals surface area contributed by atoms with Gasteiger partial charge in [-0.15, -0.1) is 0 Å². The largest absolute Gasteiger partial charge is 0.374 e. The monoisotopic (exact) mass is 294 g/mol. The van der Waals surface area contributed by atoms with E-state index in [1.165, 1.54) is 44.2 Å². The summed E-state index contributed by atoms with van der Waals surface area (Å²) in [5.41, 5.74) is 6.01. The predicted molar refractivity (Wildman–Crippen MR) is 85.6 cm³/mol. The number of primary amides is 1. The molecule has 0 aliphatic rings. The van der Waals surface area contributed by atoms with E-state index < -0.39 is 6.04 Å². The van der Waals surface area contributed by atoms with E-state index in [2.05, 4.69) is 12.2 Å². The van der Waals surface area contributed by atoms with Crippen molar-refractivity contribution in [3.05, 3.63) is 30.1 Å². The highest BCUT2D eigenvalue weighted by atomic mass is 19.1. The lowest BCUT2D eigenvalue weighted by atomic mass is 10.0. The number of halogens is 1. The fourth-order valence-electron chi connectivity index (χ4n) is 2.37. The van der Waals surface area contributed by atoms with Crippen LogP contribution in [0.4, 0.5) is 10.1 Å². The van der Waals surface area contributed by atoms with E-state index in [0.29, 0.717) is 12.1 Å². The van der Waals surface area contributed by atoms with Crippen LogP contribution in [0, 0.1) is 5.82 Å². The normalized spacial score (nSPS) is 12.1. The fraction of sp³-hybridized carbons (Fsp3) is 0.588. The summed E-state index contributed by atoms with van der Waals surface area (Å²) in [6.07, 6.45) is 9.06. The first-order valence-corrected chi connectivity index (χ1v) is 7.95. The zero-order chi connectivity index (χ0) is 15.5. The minimum absolute atomic E-state index is 0.320. The van der Waals surface area contributed by atoms with Gasteiger partial charge in [-0.25, -0.2) is 4.39 Å². The maximum atomic E-state index is 13.1. The van der Waals surface area contributed by atoms with Crippen LogP contribution in [0.15, 0.2) is 24.3 Å². The van der Waals surface area contributed by atoms with Crippen molar-refractivity contribution in [2.45, 2.75) is 64.3 Å². The van der Waals surface area contributed by atoms with Crippen molar-refractivity contribution < 1.29 is 9.18 Å². The lowest BCUT2D eigenvalue weighted by molar-refractivity contribution is -0.118. The molecule has 0 saturated heterocycles. The first kappa shape index (κ1) is 17.5. The fourth-order valence-corrected chi connectivity index (χ4v) is 2.37. The highest BCUT2D eigenvalue weighted by Crippen LogP contribution is 2.14. The van der Waals surface area contributed by atoms with E-state index in [1.807, 2.05) is 0 Å². The van der Waals surface area contributed by atoms with Gasteiger partial charge in [0.25, 0.3) is 0 Å². The summed E-state index contributed by atoms with van der Waals surface area (Å²) in [5, 5.41) is 3.02. The third-order valence-corrected chi connectivity index (χ3v) is 3.61. The second kappa shape index (κ2) is 10.2. The van der Waals surface area contributed by atoms with Gasteiger partial charge in [0, 0.05) is 5.69 Å². The van der Waals surface area contributed by atoms with Crippen LogP contribution >= 0.6 is 0 Å². The Balaban J connectivity index is 2.29. The van der Waals surface area contributed by atoms with E-state index in [0.717, 1.165) is 12.8 Å². The molecule has 118 valence electrons. The summed E-state index contributed by atoms with van der Waals surface area (Å²) < 4.78 is 13.1. The Morgan fingerprint density at radius 1 is 1.19 bits per heavy atom. The molecule has 1 amide bonds. The van der Waals surface area contributed by atoms with Gasteiger partial charge < -0.3 is 11.1 Å². The lowest BCUT2D eigenvalue weighted by Crippen LogP contribution is -2.35.